The summed E-state index contributed by atoms with van der Waals surface area (Å²) in [7, 11) is 2.05. The quantitative estimate of drug-likeness (QED) is 0.639. The van der Waals surface area contributed by atoms with Crippen molar-refractivity contribution in [2.75, 3.05) is 0 Å². The average molecular weight is 326 g/mol. The lowest BCUT2D eigenvalue weighted by atomic mass is 10.0. The lowest BCUT2D eigenvalue weighted by Crippen LogP contribution is -1.96. The Balaban J connectivity index is 0.000000671. The highest BCUT2D eigenvalue weighted by Crippen LogP contribution is 2.36. The topological polar surface area (TPSA) is 27.1 Å². The van der Waals surface area contributed by atoms with Crippen LogP contribution >= 0.6 is 0 Å². The summed E-state index contributed by atoms with van der Waals surface area (Å²) in [4.78, 5) is 4.53. The molecule has 0 spiro atoms. The van der Waals surface area contributed by atoms with Crippen molar-refractivity contribution in [3.05, 3.63) is 59.7 Å². The Bertz CT molecular complexity index is 764. The summed E-state index contributed by atoms with van der Waals surface area (Å²) in [5.41, 5.74) is 5.73. The fraction of sp³-hybridized carbons (Fsp3) is 0.381. The molecule has 0 aromatic carbocycles. The molecule has 0 fully saturated rings. The Morgan fingerprint density at radius 3 is 2.50 bits per heavy atom. The zero-order valence-corrected chi connectivity index (χ0v) is 16.1. The van der Waals surface area contributed by atoms with Crippen LogP contribution in [0.4, 0.5) is 0 Å². The molecule has 24 heavy (non-hydrogen) atoms. The van der Waals surface area contributed by atoms with Gasteiger partial charge >= 0.3 is 0 Å². The second-order valence-electron chi connectivity index (χ2n) is 5.03. The molecule has 130 valence electrons. The van der Waals surface area contributed by atoms with Gasteiger partial charge in [-0.05, 0) is 25.5 Å². The van der Waals surface area contributed by atoms with Crippen molar-refractivity contribution in [1.82, 2.24) is 9.55 Å². The highest BCUT2D eigenvalue weighted by molar-refractivity contribution is 5.97. The molecule has 3 nitrogen and oxygen atoms in total. The number of hydrogen-bond acceptors (Lipinski definition) is 2. The van der Waals surface area contributed by atoms with Gasteiger partial charge in [0.25, 0.3) is 0 Å². The number of allylic oxidation sites excluding steroid dienone is 5. The highest BCUT2D eigenvalue weighted by Gasteiger charge is 2.21. The average Bonchev–Trinajstić information content (AvgIpc) is 2.79. The summed E-state index contributed by atoms with van der Waals surface area (Å²) in [6.45, 7) is 16.5. The van der Waals surface area contributed by atoms with Crippen molar-refractivity contribution in [2.24, 2.45) is 7.05 Å². The lowest BCUT2D eigenvalue weighted by molar-refractivity contribution is 0.204. The number of pyridine rings is 1. The predicted octanol–water partition coefficient (Wildman–Crippen LogP) is 5.94. The normalized spacial score (nSPS) is 12.8. The first-order valence-corrected chi connectivity index (χ1v) is 8.71. The van der Waals surface area contributed by atoms with E-state index in [1.165, 1.54) is 22.2 Å². The lowest BCUT2D eigenvalue weighted by Gasteiger charge is -2.08. The van der Waals surface area contributed by atoms with Crippen LogP contribution in [0.1, 0.15) is 51.4 Å². The van der Waals surface area contributed by atoms with E-state index in [4.69, 9.17) is 4.74 Å². The molecule has 2 aromatic rings. The van der Waals surface area contributed by atoms with E-state index >= 15 is 0 Å². The summed E-state index contributed by atoms with van der Waals surface area (Å²) in [5, 5.41) is 1.20. The summed E-state index contributed by atoms with van der Waals surface area (Å²) in [6, 6.07) is 2.06. The Labute approximate surface area is 146 Å². The third-order valence-corrected chi connectivity index (χ3v) is 3.99. The maximum absolute atomic E-state index is 5.93. The SMILES string of the molecule is C=C/C=C\C1=C(C)OCc2c(C)n(C)c3nccc1c23.CC.CC. The first-order chi connectivity index (χ1) is 11.6. The minimum atomic E-state index is 0.596. The van der Waals surface area contributed by atoms with Gasteiger partial charge in [0.1, 0.15) is 18.0 Å². The van der Waals surface area contributed by atoms with Gasteiger partial charge in [0.2, 0.25) is 0 Å². The molecule has 0 amide bonds. The van der Waals surface area contributed by atoms with E-state index in [2.05, 4.69) is 42.2 Å². The van der Waals surface area contributed by atoms with E-state index < -0.39 is 0 Å². The number of aryl methyl sites for hydroxylation is 1. The largest absolute Gasteiger partial charge is 0.493 e. The van der Waals surface area contributed by atoms with Crippen LogP contribution in [-0.4, -0.2) is 9.55 Å². The highest BCUT2D eigenvalue weighted by atomic mass is 16.5. The molecule has 0 radical (unpaired) electrons. The Hall–Kier alpha value is -2.29. The monoisotopic (exact) mass is 326 g/mol. The second-order valence-corrected chi connectivity index (χ2v) is 5.03. The van der Waals surface area contributed by atoms with Crippen LogP contribution < -0.4 is 0 Å². The molecule has 3 heterocycles. The van der Waals surface area contributed by atoms with Gasteiger partial charge in [-0.25, -0.2) is 4.98 Å². The van der Waals surface area contributed by atoms with E-state index in [0.29, 0.717) is 6.61 Å². The molecule has 0 saturated heterocycles. The molecule has 0 bridgehead atoms. The fourth-order valence-corrected chi connectivity index (χ4v) is 2.77. The van der Waals surface area contributed by atoms with E-state index in [9.17, 15) is 0 Å². The summed E-state index contributed by atoms with van der Waals surface area (Å²) in [5.74, 6) is 0.939. The molecule has 3 heteroatoms. The first-order valence-electron chi connectivity index (χ1n) is 8.71. The molecule has 1 aliphatic heterocycles. The van der Waals surface area contributed by atoms with E-state index in [-0.39, 0.29) is 0 Å². The van der Waals surface area contributed by atoms with Crippen molar-refractivity contribution >= 4 is 16.6 Å². The summed E-state index contributed by atoms with van der Waals surface area (Å²) < 4.78 is 8.06. The van der Waals surface area contributed by atoms with Crippen molar-refractivity contribution in [3.63, 3.8) is 0 Å². The zero-order chi connectivity index (χ0) is 18.3. The predicted molar refractivity (Wildman–Crippen MR) is 105 cm³/mol. The van der Waals surface area contributed by atoms with Crippen LogP contribution in [0.5, 0.6) is 0 Å². The smallest absolute Gasteiger partial charge is 0.140 e. The molecule has 1 aliphatic rings. The van der Waals surface area contributed by atoms with E-state index in [1.54, 1.807) is 6.08 Å². The number of rotatable bonds is 2. The molecular formula is C21H30N2O. The van der Waals surface area contributed by atoms with E-state index in [0.717, 1.165) is 17.0 Å². The van der Waals surface area contributed by atoms with Crippen LogP contribution in [-0.2, 0) is 18.4 Å². The molecular weight excluding hydrogens is 296 g/mol. The minimum absolute atomic E-state index is 0.596. The van der Waals surface area contributed by atoms with Gasteiger partial charge in [0.15, 0.2) is 0 Å². The molecule has 0 aliphatic carbocycles. The Kier molecular flexibility index (Phi) is 7.50. The Morgan fingerprint density at radius 1 is 1.21 bits per heavy atom. The zero-order valence-electron chi connectivity index (χ0n) is 16.1. The van der Waals surface area contributed by atoms with Crippen LogP contribution in [0, 0.1) is 6.92 Å². The van der Waals surface area contributed by atoms with Gasteiger partial charge in [0.05, 0.1) is 0 Å². The van der Waals surface area contributed by atoms with Gasteiger partial charge in [-0.3, -0.25) is 0 Å². The number of nitrogens with zero attached hydrogens (tertiary/aromatic N) is 2. The standard InChI is InChI=1S/C17H18N2O.2C2H6/c1-5-6-7-13-12(3)20-10-15-11(2)19(4)17-16(15)14(13)8-9-18-17;2*1-2/h5-9H,1,10H2,2-4H3;2*1-2H3/b7-6-;;. The van der Waals surface area contributed by atoms with Crippen LogP contribution in [0.25, 0.3) is 16.6 Å². The number of hydrogen-bond donors (Lipinski definition) is 0. The first kappa shape index (κ1) is 19.8. The molecule has 0 N–H and O–H groups in total. The van der Waals surface area contributed by atoms with Gasteiger partial charge < -0.3 is 9.30 Å². The van der Waals surface area contributed by atoms with Gasteiger partial charge in [0, 0.05) is 35.5 Å². The van der Waals surface area contributed by atoms with Gasteiger partial charge in [-0.1, -0.05) is 52.5 Å². The molecule has 0 saturated carbocycles. The maximum Gasteiger partial charge on any atom is 0.140 e. The van der Waals surface area contributed by atoms with Crippen molar-refractivity contribution in [2.45, 2.75) is 48.1 Å². The summed E-state index contributed by atoms with van der Waals surface area (Å²) in [6.07, 6.45) is 7.63. The van der Waals surface area contributed by atoms with Gasteiger partial charge in [-0.15, -0.1) is 0 Å². The third kappa shape index (κ3) is 3.45. The van der Waals surface area contributed by atoms with Crippen molar-refractivity contribution < 1.29 is 4.74 Å². The van der Waals surface area contributed by atoms with Crippen LogP contribution in [0.15, 0.2) is 42.8 Å². The van der Waals surface area contributed by atoms with Gasteiger partial charge in [-0.2, -0.15) is 0 Å². The van der Waals surface area contributed by atoms with Crippen molar-refractivity contribution in [1.29, 1.82) is 0 Å². The fourth-order valence-electron chi connectivity index (χ4n) is 2.77. The third-order valence-electron chi connectivity index (χ3n) is 3.99. The molecule has 3 rings (SSSR count). The summed E-state index contributed by atoms with van der Waals surface area (Å²) >= 11 is 0. The van der Waals surface area contributed by atoms with Crippen LogP contribution in [0.2, 0.25) is 0 Å². The molecule has 0 unspecified atom stereocenters. The molecule has 2 aromatic heterocycles. The van der Waals surface area contributed by atoms with E-state index in [1.807, 2.05) is 46.9 Å². The van der Waals surface area contributed by atoms with Crippen molar-refractivity contribution in [3.8, 4) is 0 Å². The Morgan fingerprint density at radius 2 is 1.88 bits per heavy atom. The number of aromatic nitrogens is 2. The van der Waals surface area contributed by atoms with Crippen LogP contribution in [0.3, 0.4) is 0 Å². The maximum atomic E-state index is 5.93. The minimum Gasteiger partial charge on any atom is -0.493 e. The number of ether oxygens (including phenoxy) is 1. The molecule has 0 atom stereocenters. The second kappa shape index (κ2) is 9.11.